The average molecular weight is 451 g/mol. The second kappa shape index (κ2) is 8.10. The number of carbonyl (C=O) groups is 3. The van der Waals surface area contributed by atoms with E-state index in [1.54, 1.807) is 17.0 Å². The van der Waals surface area contributed by atoms with Crippen LogP contribution in [0.2, 0.25) is 5.02 Å². The number of anilines is 2. The van der Waals surface area contributed by atoms with Gasteiger partial charge in [-0.05, 0) is 36.4 Å². The number of hydrogen-bond donors (Lipinski definition) is 2. The fraction of sp³-hybridized carbons (Fsp3) is 0.211. The Morgan fingerprint density at radius 1 is 1.22 bits per heavy atom. The standard InChI is InChI=1S/C19H17BrClN3O3/c1-22-19(27)15-9-13(5-6-16(15)21)23-18(26)11-7-17(25)24(10-11)14-4-2-3-12(20)8-14/h2-6,8-9,11H,7,10H2,1H3,(H,22,27)(H,23,26). The molecule has 1 aliphatic rings. The Labute approximate surface area is 170 Å². The molecule has 27 heavy (non-hydrogen) atoms. The van der Waals surface area contributed by atoms with E-state index in [2.05, 4.69) is 26.6 Å². The molecule has 1 heterocycles. The van der Waals surface area contributed by atoms with E-state index in [9.17, 15) is 14.4 Å². The number of amides is 3. The Kier molecular flexibility index (Phi) is 5.82. The van der Waals surface area contributed by atoms with Crippen molar-refractivity contribution in [3.63, 3.8) is 0 Å². The van der Waals surface area contributed by atoms with Gasteiger partial charge in [0, 0.05) is 35.9 Å². The van der Waals surface area contributed by atoms with Gasteiger partial charge >= 0.3 is 0 Å². The minimum Gasteiger partial charge on any atom is -0.355 e. The first-order valence-corrected chi connectivity index (χ1v) is 9.44. The van der Waals surface area contributed by atoms with E-state index in [0.29, 0.717) is 17.3 Å². The van der Waals surface area contributed by atoms with Crippen molar-refractivity contribution in [1.29, 1.82) is 0 Å². The van der Waals surface area contributed by atoms with E-state index < -0.39 is 5.92 Å². The van der Waals surface area contributed by atoms with Crippen molar-refractivity contribution < 1.29 is 14.4 Å². The van der Waals surface area contributed by atoms with E-state index in [0.717, 1.165) is 10.2 Å². The van der Waals surface area contributed by atoms with Crippen molar-refractivity contribution in [1.82, 2.24) is 5.32 Å². The molecule has 1 aliphatic heterocycles. The van der Waals surface area contributed by atoms with Crippen molar-refractivity contribution in [2.24, 2.45) is 5.92 Å². The highest BCUT2D eigenvalue weighted by atomic mass is 79.9. The van der Waals surface area contributed by atoms with Crippen LogP contribution in [-0.4, -0.2) is 31.3 Å². The molecule has 2 N–H and O–H groups in total. The number of benzene rings is 2. The molecule has 2 aromatic carbocycles. The van der Waals surface area contributed by atoms with Crippen LogP contribution in [0, 0.1) is 5.92 Å². The summed E-state index contributed by atoms with van der Waals surface area (Å²) >= 11 is 9.41. The Morgan fingerprint density at radius 3 is 2.70 bits per heavy atom. The monoisotopic (exact) mass is 449 g/mol. The topological polar surface area (TPSA) is 78.5 Å². The first-order valence-electron chi connectivity index (χ1n) is 8.27. The molecular formula is C19H17BrClN3O3. The van der Waals surface area contributed by atoms with Gasteiger partial charge in [-0.2, -0.15) is 0 Å². The van der Waals surface area contributed by atoms with E-state index in [-0.39, 0.29) is 29.7 Å². The van der Waals surface area contributed by atoms with Crippen LogP contribution in [-0.2, 0) is 9.59 Å². The molecule has 3 rings (SSSR count). The van der Waals surface area contributed by atoms with Crippen molar-refractivity contribution >= 4 is 56.6 Å². The molecule has 0 aliphatic carbocycles. The zero-order valence-electron chi connectivity index (χ0n) is 14.5. The zero-order chi connectivity index (χ0) is 19.6. The molecule has 1 atom stereocenters. The van der Waals surface area contributed by atoms with Crippen molar-refractivity contribution in [2.45, 2.75) is 6.42 Å². The third-order valence-electron chi connectivity index (χ3n) is 4.32. The zero-order valence-corrected chi connectivity index (χ0v) is 16.8. The molecular weight excluding hydrogens is 434 g/mol. The third-order valence-corrected chi connectivity index (χ3v) is 5.14. The van der Waals surface area contributed by atoms with Gasteiger partial charge in [0.05, 0.1) is 16.5 Å². The van der Waals surface area contributed by atoms with Gasteiger partial charge in [0.25, 0.3) is 5.91 Å². The molecule has 8 heteroatoms. The fourth-order valence-electron chi connectivity index (χ4n) is 2.93. The van der Waals surface area contributed by atoms with Gasteiger partial charge in [0.1, 0.15) is 0 Å². The smallest absolute Gasteiger partial charge is 0.252 e. The summed E-state index contributed by atoms with van der Waals surface area (Å²) in [5, 5.41) is 5.57. The van der Waals surface area contributed by atoms with Crippen LogP contribution in [0.3, 0.4) is 0 Å². The SMILES string of the molecule is CNC(=O)c1cc(NC(=O)C2CC(=O)N(c3cccc(Br)c3)C2)ccc1Cl. The quantitative estimate of drug-likeness (QED) is 0.749. The lowest BCUT2D eigenvalue weighted by molar-refractivity contribution is -0.122. The predicted octanol–water partition coefficient (Wildman–Crippen LogP) is 3.45. The van der Waals surface area contributed by atoms with Gasteiger partial charge in [-0.25, -0.2) is 0 Å². The van der Waals surface area contributed by atoms with Gasteiger partial charge in [0.15, 0.2) is 0 Å². The summed E-state index contributed by atoms with van der Waals surface area (Å²) < 4.78 is 0.864. The van der Waals surface area contributed by atoms with Gasteiger partial charge in [-0.1, -0.05) is 33.6 Å². The highest BCUT2D eigenvalue weighted by Crippen LogP contribution is 2.28. The second-order valence-corrected chi connectivity index (χ2v) is 7.47. The number of rotatable bonds is 4. The van der Waals surface area contributed by atoms with Crippen molar-refractivity contribution in [3.8, 4) is 0 Å². The lowest BCUT2D eigenvalue weighted by Gasteiger charge is -2.17. The molecule has 140 valence electrons. The lowest BCUT2D eigenvalue weighted by Crippen LogP contribution is -2.28. The average Bonchev–Trinajstić information content (AvgIpc) is 3.04. The maximum absolute atomic E-state index is 12.6. The summed E-state index contributed by atoms with van der Waals surface area (Å²) in [7, 11) is 1.50. The van der Waals surface area contributed by atoms with Crippen LogP contribution in [0.4, 0.5) is 11.4 Å². The van der Waals surface area contributed by atoms with Gasteiger partial charge in [0.2, 0.25) is 11.8 Å². The molecule has 0 radical (unpaired) electrons. The Morgan fingerprint density at radius 2 is 2.00 bits per heavy atom. The Bertz CT molecular complexity index is 919. The number of nitrogens with one attached hydrogen (secondary N) is 2. The molecule has 1 unspecified atom stereocenters. The van der Waals surface area contributed by atoms with Crippen LogP contribution >= 0.6 is 27.5 Å². The van der Waals surface area contributed by atoms with Crippen LogP contribution < -0.4 is 15.5 Å². The first kappa shape index (κ1) is 19.4. The first-order chi connectivity index (χ1) is 12.9. The van der Waals surface area contributed by atoms with Crippen LogP contribution in [0.1, 0.15) is 16.8 Å². The summed E-state index contributed by atoms with van der Waals surface area (Å²) in [6.07, 6.45) is 0.133. The molecule has 6 nitrogen and oxygen atoms in total. The number of halogens is 2. The minimum absolute atomic E-state index is 0.101. The van der Waals surface area contributed by atoms with Gasteiger partial charge in [-0.3, -0.25) is 14.4 Å². The van der Waals surface area contributed by atoms with E-state index in [1.165, 1.54) is 13.1 Å². The van der Waals surface area contributed by atoms with E-state index >= 15 is 0 Å². The maximum Gasteiger partial charge on any atom is 0.252 e. The summed E-state index contributed by atoms with van der Waals surface area (Å²) in [6, 6.07) is 12.1. The summed E-state index contributed by atoms with van der Waals surface area (Å²) in [4.78, 5) is 38.4. The van der Waals surface area contributed by atoms with Crippen molar-refractivity contribution in [3.05, 3.63) is 57.5 Å². The number of carbonyl (C=O) groups excluding carboxylic acids is 3. The molecule has 0 saturated carbocycles. The number of nitrogens with zero attached hydrogens (tertiary/aromatic N) is 1. The molecule has 2 aromatic rings. The number of hydrogen-bond acceptors (Lipinski definition) is 3. The Hall–Kier alpha value is -2.38. The summed E-state index contributed by atoms with van der Waals surface area (Å²) in [5.74, 6) is -1.19. The third kappa shape index (κ3) is 4.31. The van der Waals surface area contributed by atoms with Crippen LogP contribution in [0.25, 0.3) is 0 Å². The largest absolute Gasteiger partial charge is 0.355 e. The normalized spacial score (nSPS) is 16.3. The second-order valence-electron chi connectivity index (χ2n) is 6.15. The highest BCUT2D eigenvalue weighted by Gasteiger charge is 2.35. The summed E-state index contributed by atoms with van der Waals surface area (Å²) in [6.45, 7) is 0.303. The predicted molar refractivity (Wildman–Crippen MR) is 108 cm³/mol. The van der Waals surface area contributed by atoms with Crippen LogP contribution in [0.15, 0.2) is 46.9 Å². The molecule has 1 saturated heterocycles. The molecule has 0 bridgehead atoms. The Balaban J connectivity index is 1.72. The van der Waals surface area contributed by atoms with Crippen molar-refractivity contribution in [2.75, 3.05) is 23.8 Å². The maximum atomic E-state index is 12.6. The van der Waals surface area contributed by atoms with Gasteiger partial charge < -0.3 is 15.5 Å². The minimum atomic E-state index is -0.476. The van der Waals surface area contributed by atoms with E-state index in [1.807, 2.05) is 24.3 Å². The van der Waals surface area contributed by atoms with Crippen LogP contribution in [0.5, 0.6) is 0 Å². The molecule has 0 spiro atoms. The summed E-state index contributed by atoms with van der Waals surface area (Å²) in [5.41, 5.74) is 1.48. The highest BCUT2D eigenvalue weighted by molar-refractivity contribution is 9.10. The molecule has 1 fully saturated rings. The van der Waals surface area contributed by atoms with E-state index in [4.69, 9.17) is 11.6 Å². The van der Waals surface area contributed by atoms with Gasteiger partial charge in [-0.15, -0.1) is 0 Å². The molecule has 0 aromatic heterocycles. The molecule has 3 amide bonds. The lowest BCUT2D eigenvalue weighted by atomic mass is 10.1. The fourth-order valence-corrected chi connectivity index (χ4v) is 3.52.